The van der Waals surface area contributed by atoms with Gasteiger partial charge in [0, 0.05) is 0 Å². The van der Waals surface area contributed by atoms with Crippen LogP contribution in [0.25, 0.3) is 0 Å². The van der Waals surface area contributed by atoms with E-state index in [9.17, 15) is 23.2 Å². The van der Waals surface area contributed by atoms with E-state index in [0.29, 0.717) is 17.5 Å². The Kier molecular flexibility index (Phi) is 6.97. The molecular weight excluding hydrogens is 391 g/mol. The van der Waals surface area contributed by atoms with Gasteiger partial charge in [-0.05, 0) is 48.7 Å². The lowest BCUT2D eigenvalue weighted by Crippen LogP contribution is -2.28. The minimum absolute atomic E-state index is 0.0355. The molecule has 2 aromatic rings. The number of rotatable bonds is 6. The number of hydrogen-bond donors (Lipinski definition) is 1. The molecule has 0 saturated carbocycles. The normalized spacial score (nSPS) is 11.2. The number of alkyl halides is 3. The van der Waals surface area contributed by atoms with Crippen molar-refractivity contribution in [1.29, 1.82) is 0 Å². The summed E-state index contributed by atoms with van der Waals surface area (Å²) >= 11 is 0. The van der Waals surface area contributed by atoms with Crippen LogP contribution in [0.4, 0.5) is 23.7 Å². The van der Waals surface area contributed by atoms with Crippen molar-refractivity contribution < 1.29 is 37.4 Å². The first kappa shape index (κ1) is 22.4. The second-order valence-corrected chi connectivity index (χ2v) is 6.15. The summed E-state index contributed by atoms with van der Waals surface area (Å²) < 4.78 is 55.7. The summed E-state index contributed by atoms with van der Waals surface area (Å²) in [7, 11) is 2.43. The van der Waals surface area contributed by atoms with Crippen molar-refractivity contribution in [2.45, 2.75) is 33.1 Å². The Bertz CT molecular complexity index is 883. The molecule has 0 spiro atoms. The van der Waals surface area contributed by atoms with Crippen LogP contribution >= 0.6 is 0 Å². The van der Waals surface area contributed by atoms with Gasteiger partial charge in [0.25, 0.3) is 0 Å². The van der Waals surface area contributed by atoms with Crippen molar-refractivity contribution in [3.8, 4) is 11.5 Å². The first-order chi connectivity index (χ1) is 13.6. The van der Waals surface area contributed by atoms with Crippen LogP contribution in [0.3, 0.4) is 0 Å². The molecule has 0 unspecified atom stereocenters. The maximum Gasteiger partial charge on any atom is 0.438 e. The topological polar surface area (TPSA) is 68.2 Å². The van der Waals surface area contributed by atoms with E-state index in [0.717, 1.165) is 13.2 Å². The highest BCUT2D eigenvalue weighted by Crippen LogP contribution is 2.39. The number of amides is 1. The van der Waals surface area contributed by atoms with Crippen molar-refractivity contribution in [1.82, 2.24) is 0 Å². The van der Waals surface area contributed by atoms with Gasteiger partial charge in [-0.1, -0.05) is 13.0 Å². The molecule has 0 aliphatic carbocycles. The molecule has 0 bridgehead atoms. The molecular formula is C20H22F3NO5. The number of halogens is 3. The predicted molar refractivity (Wildman–Crippen MR) is 99.6 cm³/mol. The van der Waals surface area contributed by atoms with Gasteiger partial charge in [0.05, 0.1) is 31.0 Å². The standard InChI is InChI=1S/C20H22F3NO5/c1-5-13-10-15(20(21,22)23)18(9-12(13)2)29-11-14-16(24(26)19(25)28-4)7-6-8-17(14)27-3/h6-10,26H,5,11H2,1-4H3. The first-order valence-corrected chi connectivity index (χ1v) is 8.70. The van der Waals surface area contributed by atoms with Crippen LogP contribution in [0.5, 0.6) is 11.5 Å². The number of aryl methyl sites for hydroxylation is 2. The lowest BCUT2D eigenvalue weighted by atomic mass is 10.0. The van der Waals surface area contributed by atoms with Gasteiger partial charge in [-0.15, -0.1) is 0 Å². The summed E-state index contributed by atoms with van der Waals surface area (Å²) in [6, 6.07) is 6.82. The number of carbonyl (C=O) groups excluding carboxylic acids is 1. The third kappa shape index (κ3) is 4.92. The fourth-order valence-electron chi connectivity index (χ4n) is 2.87. The highest BCUT2D eigenvalue weighted by Gasteiger charge is 2.35. The molecule has 0 aliphatic rings. The quantitative estimate of drug-likeness (QED) is 0.526. The molecule has 0 aromatic heterocycles. The second-order valence-electron chi connectivity index (χ2n) is 6.15. The van der Waals surface area contributed by atoms with E-state index in [1.807, 2.05) is 0 Å². The van der Waals surface area contributed by atoms with Gasteiger partial charge in [-0.3, -0.25) is 5.21 Å². The fraction of sp³-hybridized carbons (Fsp3) is 0.350. The van der Waals surface area contributed by atoms with Crippen molar-refractivity contribution in [3.63, 3.8) is 0 Å². The zero-order chi connectivity index (χ0) is 21.8. The average Bonchev–Trinajstić information content (AvgIpc) is 2.69. The Morgan fingerprint density at radius 3 is 2.41 bits per heavy atom. The summed E-state index contributed by atoms with van der Waals surface area (Å²) in [5, 5.41) is 10.3. The third-order valence-electron chi connectivity index (χ3n) is 4.40. The molecule has 0 aliphatic heterocycles. The second kappa shape index (κ2) is 9.04. The Morgan fingerprint density at radius 1 is 1.17 bits per heavy atom. The minimum atomic E-state index is -4.61. The first-order valence-electron chi connectivity index (χ1n) is 8.70. The largest absolute Gasteiger partial charge is 0.496 e. The van der Waals surface area contributed by atoms with E-state index >= 15 is 0 Å². The summed E-state index contributed by atoms with van der Waals surface area (Å²) in [5.74, 6) is -0.132. The molecule has 0 radical (unpaired) electrons. The van der Waals surface area contributed by atoms with Crippen LogP contribution in [0, 0.1) is 6.92 Å². The van der Waals surface area contributed by atoms with E-state index in [2.05, 4.69) is 4.74 Å². The number of anilines is 1. The highest BCUT2D eigenvalue weighted by molar-refractivity contribution is 5.86. The monoisotopic (exact) mass is 413 g/mol. The Labute approximate surface area is 166 Å². The molecule has 2 aromatic carbocycles. The van der Waals surface area contributed by atoms with Crippen molar-refractivity contribution >= 4 is 11.8 Å². The van der Waals surface area contributed by atoms with Gasteiger partial charge in [-0.2, -0.15) is 18.2 Å². The van der Waals surface area contributed by atoms with Crippen LogP contribution in [0.2, 0.25) is 0 Å². The maximum atomic E-state index is 13.5. The molecule has 0 fully saturated rings. The molecule has 1 amide bonds. The molecule has 29 heavy (non-hydrogen) atoms. The molecule has 0 heterocycles. The van der Waals surface area contributed by atoms with Gasteiger partial charge >= 0.3 is 12.3 Å². The third-order valence-corrected chi connectivity index (χ3v) is 4.40. The number of hydrogen-bond acceptors (Lipinski definition) is 5. The van der Waals surface area contributed by atoms with E-state index in [4.69, 9.17) is 9.47 Å². The molecule has 9 heteroatoms. The van der Waals surface area contributed by atoms with Crippen LogP contribution < -0.4 is 14.5 Å². The molecule has 6 nitrogen and oxygen atoms in total. The van der Waals surface area contributed by atoms with Gasteiger partial charge in [0.2, 0.25) is 0 Å². The average molecular weight is 413 g/mol. The summed E-state index contributed by atoms with van der Waals surface area (Å²) in [6.07, 6.45) is -5.23. The Hall–Kier alpha value is -2.94. The van der Waals surface area contributed by atoms with Crippen molar-refractivity contribution in [2.75, 3.05) is 19.3 Å². The van der Waals surface area contributed by atoms with Crippen LogP contribution in [0.1, 0.15) is 29.2 Å². The molecule has 158 valence electrons. The molecule has 0 atom stereocenters. The molecule has 2 rings (SSSR count). The maximum absolute atomic E-state index is 13.5. The number of nitrogens with zero attached hydrogens (tertiary/aromatic N) is 1. The molecule has 0 saturated heterocycles. The van der Waals surface area contributed by atoms with E-state index in [1.54, 1.807) is 13.8 Å². The fourth-order valence-corrected chi connectivity index (χ4v) is 2.87. The summed E-state index contributed by atoms with van der Waals surface area (Å²) in [6.45, 7) is 3.08. The Morgan fingerprint density at radius 2 is 1.86 bits per heavy atom. The highest BCUT2D eigenvalue weighted by atomic mass is 19.4. The van der Waals surface area contributed by atoms with E-state index in [1.165, 1.54) is 31.4 Å². The SMILES string of the molecule is CCc1cc(C(F)(F)F)c(OCc2c(OC)cccc2N(O)C(=O)OC)cc1C. The summed E-state index contributed by atoms with van der Waals surface area (Å²) in [5.41, 5.74) is 0.467. The minimum Gasteiger partial charge on any atom is -0.496 e. The number of methoxy groups -OCH3 is 2. The van der Waals surface area contributed by atoms with Gasteiger partial charge in [-0.25, -0.2) is 4.79 Å². The number of benzene rings is 2. The number of carbonyl (C=O) groups is 1. The lowest BCUT2D eigenvalue weighted by molar-refractivity contribution is -0.139. The zero-order valence-electron chi connectivity index (χ0n) is 16.5. The Balaban J connectivity index is 2.46. The van der Waals surface area contributed by atoms with Gasteiger partial charge in [0.15, 0.2) is 0 Å². The smallest absolute Gasteiger partial charge is 0.438 e. The zero-order valence-corrected chi connectivity index (χ0v) is 16.5. The predicted octanol–water partition coefficient (Wildman–Crippen LogP) is 5.13. The van der Waals surface area contributed by atoms with Gasteiger partial charge < -0.3 is 14.2 Å². The van der Waals surface area contributed by atoms with Gasteiger partial charge in [0.1, 0.15) is 18.1 Å². The van der Waals surface area contributed by atoms with Crippen molar-refractivity contribution in [2.24, 2.45) is 0 Å². The van der Waals surface area contributed by atoms with E-state index < -0.39 is 17.8 Å². The lowest BCUT2D eigenvalue weighted by Gasteiger charge is -2.21. The van der Waals surface area contributed by atoms with Crippen LogP contribution in [0.15, 0.2) is 30.3 Å². The van der Waals surface area contributed by atoms with Crippen LogP contribution in [-0.2, 0) is 23.9 Å². The number of hydroxylamine groups is 1. The summed E-state index contributed by atoms with van der Waals surface area (Å²) in [4.78, 5) is 11.7. The molecule has 1 N–H and O–H groups in total. The van der Waals surface area contributed by atoms with Crippen LogP contribution in [-0.4, -0.2) is 25.5 Å². The van der Waals surface area contributed by atoms with Crippen molar-refractivity contribution in [3.05, 3.63) is 52.6 Å². The number of ether oxygens (including phenoxy) is 3. The van der Waals surface area contributed by atoms with E-state index in [-0.39, 0.29) is 34.4 Å².